The fraction of sp³-hybridized carbons (Fsp3) is 0.0909. The van der Waals surface area contributed by atoms with Crippen LogP contribution in [-0.2, 0) is 0 Å². The van der Waals surface area contributed by atoms with E-state index in [1.807, 2.05) is 24.4 Å². The number of carboxylic acid groups (broad SMARTS) is 1. The second kappa shape index (κ2) is 3.82. The molecule has 1 N–H and O–H groups in total. The third-order valence-corrected chi connectivity index (χ3v) is 3.02. The quantitative estimate of drug-likeness (QED) is 0.844. The van der Waals surface area contributed by atoms with E-state index >= 15 is 0 Å². The smallest absolute Gasteiger partial charge is 0.354 e. The average Bonchev–Trinajstić information content (AvgIpc) is 2.65. The molecule has 3 nitrogen and oxygen atoms in total. The summed E-state index contributed by atoms with van der Waals surface area (Å²) >= 11 is 1.57. The SMILES string of the molecule is Cc1csc(-c2cccc(C(=O)O)n2)c1. The van der Waals surface area contributed by atoms with Gasteiger partial charge in [-0.25, -0.2) is 9.78 Å². The molecule has 0 aromatic carbocycles. The number of hydrogen-bond acceptors (Lipinski definition) is 3. The maximum Gasteiger partial charge on any atom is 0.354 e. The lowest BCUT2D eigenvalue weighted by atomic mass is 10.2. The van der Waals surface area contributed by atoms with Crippen LogP contribution in [0, 0.1) is 6.92 Å². The van der Waals surface area contributed by atoms with E-state index in [0.717, 1.165) is 10.4 Å². The van der Waals surface area contributed by atoms with Gasteiger partial charge in [-0.05, 0) is 36.1 Å². The summed E-state index contributed by atoms with van der Waals surface area (Å²) in [5.74, 6) is -0.995. The molecule has 0 aliphatic heterocycles. The van der Waals surface area contributed by atoms with Crippen molar-refractivity contribution in [3.8, 4) is 10.6 Å². The Morgan fingerprint density at radius 3 is 2.87 bits per heavy atom. The van der Waals surface area contributed by atoms with E-state index in [4.69, 9.17) is 5.11 Å². The van der Waals surface area contributed by atoms with Crippen molar-refractivity contribution in [1.29, 1.82) is 0 Å². The van der Waals surface area contributed by atoms with Crippen LogP contribution in [0.4, 0.5) is 0 Å². The predicted octanol–water partition coefficient (Wildman–Crippen LogP) is 2.82. The number of rotatable bonds is 2. The topological polar surface area (TPSA) is 50.2 Å². The minimum Gasteiger partial charge on any atom is -0.477 e. The van der Waals surface area contributed by atoms with Crippen molar-refractivity contribution in [2.24, 2.45) is 0 Å². The Labute approximate surface area is 91.0 Å². The standard InChI is InChI=1S/C11H9NO2S/c1-7-5-10(15-6-7)8-3-2-4-9(12-8)11(13)14/h2-6H,1H3,(H,13,14). The Balaban J connectivity index is 2.45. The molecule has 0 saturated carbocycles. The van der Waals surface area contributed by atoms with Gasteiger partial charge in [0.25, 0.3) is 0 Å². The highest BCUT2D eigenvalue weighted by atomic mass is 32.1. The second-order valence-electron chi connectivity index (χ2n) is 3.20. The number of carbonyl (C=O) groups is 1. The summed E-state index contributed by atoms with van der Waals surface area (Å²) in [6.45, 7) is 2.00. The highest BCUT2D eigenvalue weighted by Crippen LogP contribution is 2.25. The molecule has 2 rings (SSSR count). The zero-order valence-electron chi connectivity index (χ0n) is 8.10. The van der Waals surface area contributed by atoms with Gasteiger partial charge in [-0.1, -0.05) is 6.07 Å². The van der Waals surface area contributed by atoms with Crippen molar-refractivity contribution in [1.82, 2.24) is 4.98 Å². The Kier molecular flexibility index (Phi) is 2.51. The molecule has 0 saturated heterocycles. The van der Waals surface area contributed by atoms with Crippen LogP contribution in [0.1, 0.15) is 16.1 Å². The van der Waals surface area contributed by atoms with Crippen LogP contribution in [0.3, 0.4) is 0 Å². The lowest BCUT2D eigenvalue weighted by Crippen LogP contribution is -1.99. The van der Waals surface area contributed by atoms with Crippen LogP contribution in [0.5, 0.6) is 0 Å². The van der Waals surface area contributed by atoms with Gasteiger partial charge in [0.05, 0.1) is 10.6 Å². The van der Waals surface area contributed by atoms with Gasteiger partial charge in [0, 0.05) is 0 Å². The van der Waals surface area contributed by atoms with Crippen LogP contribution in [0.15, 0.2) is 29.6 Å². The number of carboxylic acids is 1. The van der Waals surface area contributed by atoms with E-state index in [2.05, 4.69) is 4.98 Å². The van der Waals surface area contributed by atoms with Gasteiger partial charge in [0.1, 0.15) is 5.69 Å². The summed E-state index contributed by atoms with van der Waals surface area (Å²) in [5, 5.41) is 10.8. The summed E-state index contributed by atoms with van der Waals surface area (Å²) < 4.78 is 0. The number of pyridine rings is 1. The minimum absolute atomic E-state index is 0.0820. The number of hydrogen-bond donors (Lipinski definition) is 1. The fourth-order valence-electron chi connectivity index (χ4n) is 1.26. The second-order valence-corrected chi connectivity index (χ2v) is 4.11. The van der Waals surface area contributed by atoms with Gasteiger partial charge < -0.3 is 5.11 Å². The number of aromatic nitrogens is 1. The largest absolute Gasteiger partial charge is 0.477 e. The minimum atomic E-state index is -0.995. The lowest BCUT2D eigenvalue weighted by molar-refractivity contribution is 0.0690. The normalized spacial score (nSPS) is 10.2. The third-order valence-electron chi connectivity index (χ3n) is 1.95. The Morgan fingerprint density at radius 2 is 2.27 bits per heavy atom. The first-order valence-corrected chi connectivity index (χ1v) is 5.30. The molecule has 0 aliphatic rings. The van der Waals surface area contributed by atoms with Crippen LogP contribution in [0.25, 0.3) is 10.6 Å². The molecule has 2 heterocycles. The number of aryl methyl sites for hydroxylation is 1. The Bertz CT molecular complexity index is 505. The van der Waals surface area contributed by atoms with Gasteiger partial charge in [-0.15, -0.1) is 11.3 Å². The molecule has 2 aromatic rings. The zero-order chi connectivity index (χ0) is 10.8. The molecule has 0 atom stereocenters. The first-order chi connectivity index (χ1) is 7.16. The zero-order valence-corrected chi connectivity index (χ0v) is 8.91. The molecule has 15 heavy (non-hydrogen) atoms. The summed E-state index contributed by atoms with van der Waals surface area (Å²) in [4.78, 5) is 15.8. The highest BCUT2D eigenvalue weighted by molar-refractivity contribution is 7.13. The van der Waals surface area contributed by atoms with E-state index in [9.17, 15) is 4.79 Å². The van der Waals surface area contributed by atoms with Crippen LogP contribution in [0.2, 0.25) is 0 Å². The van der Waals surface area contributed by atoms with Crippen molar-refractivity contribution in [2.45, 2.75) is 6.92 Å². The van der Waals surface area contributed by atoms with Crippen molar-refractivity contribution < 1.29 is 9.90 Å². The maximum atomic E-state index is 10.7. The third kappa shape index (κ3) is 2.05. The Morgan fingerprint density at radius 1 is 1.47 bits per heavy atom. The summed E-state index contributed by atoms with van der Waals surface area (Å²) in [5.41, 5.74) is 1.96. The predicted molar refractivity (Wildman–Crippen MR) is 59.2 cm³/mol. The van der Waals surface area contributed by atoms with E-state index in [1.165, 1.54) is 6.07 Å². The van der Waals surface area contributed by atoms with Crippen LogP contribution < -0.4 is 0 Å². The molecule has 0 radical (unpaired) electrons. The fourth-order valence-corrected chi connectivity index (χ4v) is 2.13. The van der Waals surface area contributed by atoms with E-state index in [0.29, 0.717) is 5.69 Å². The first kappa shape index (κ1) is 9.86. The lowest BCUT2D eigenvalue weighted by Gasteiger charge is -1.97. The average molecular weight is 219 g/mol. The van der Waals surface area contributed by atoms with Gasteiger partial charge in [-0.3, -0.25) is 0 Å². The molecule has 0 spiro atoms. The molecular formula is C11H9NO2S. The van der Waals surface area contributed by atoms with Gasteiger partial charge in [-0.2, -0.15) is 0 Å². The molecule has 2 aromatic heterocycles. The summed E-state index contributed by atoms with van der Waals surface area (Å²) in [6.07, 6.45) is 0. The molecule has 76 valence electrons. The molecule has 0 aliphatic carbocycles. The van der Waals surface area contributed by atoms with E-state index in [1.54, 1.807) is 17.4 Å². The van der Waals surface area contributed by atoms with Crippen molar-refractivity contribution >= 4 is 17.3 Å². The monoisotopic (exact) mass is 219 g/mol. The summed E-state index contributed by atoms with van der Waals surface area (Å²) in [7, 11) is 0. The molecular weight excluding hydrogens is 210 g/mol. The molecule has 0 unspecified atom stereocenters. The van der Waals surface area contributed by atoms with E-state index in [-0.39, 0.29) is 5.69 Å². The van der Waals surface area contributed by atoms with Crippen LogP contribution >= 0.6 is 11.3 Å². The highest BCUT2D eigenvalue weighted by Gasteiger charge is 2.07. The number of thiophene rings is 1. The molecule has 0 bridgehead atoms. The Hall–Kier alpha value is -1.68. The summed E-state index contributed by atoms with van der Waals surface area (Å²) in [6, 6.07) is 7.02. The maximum absolute atomic E-state index is 10.7. The van der Waals surface area contributed by atoms with Crippen LogP contribution in [-0.4, -0.2) is 16.1 Å². The number of nitrogens with zero attached hydrogens (tertiary/aromatic N) is 1. The van der Waals surface area contributed by atoms with Gasteiger partial charge in [0.2, 0.25) is 0 Å². The van der Waals surface area contributed by atoms with Gasteiger partial charge in [0.15, 0.2) is 0 Å². The molecule has 0 amide bonds. The molecule has 4 heteroatoms. The molecule has 0 fully saturated rings. The van der Waals surface area contributed by atoms with Crippen molar-refractivity contribution in [3.63, 3.8) is 0 Å². The van der Waals surface area contributed by atoms with Crippen molar-refractivity contribution in [2.75, 3.05) is 0 Å². The first-order valence-electron chi connectivity index (χ1n) is 4.42. The van der Waals surface area contributed by atoms with E-state index < -0.39 is 5.97 Å². The van der Waals surface area contributed by atoms with Crippen molar-refractivity contribution in [3.05, 3.63) is 40.9 Å². The van der Waals surface area contributed by atoms with Gasteiger partial charge >= 0.3 is 5.97 Å². The number of aromatic carboxylic acids is 1.